The predicted octanol–water partition coefficient (Wildman–Crippen LogP) is 11.4. The van der Waals surface area contributed by atoms with Crippen LogP contribution in [-0.4, -0.2) is 19.5 Å². The van der Waals surface area contributed by atoms with Crippen LogP contribution in [0, 0.1) is 0 Å². The molecule has 228 valence electrons. The van der Waals surface area contributed by atoms with Crippen LogP contribution < -0.4 is 0 Å². The van der Waals surface area contributed by atoms with E-state index in [2.05, 4.69) is 168 Å². The van der Waals surface area contributed by atoms with Crippen LogP contribution in [0.5, 0.6) is 0 Å². The zero-order valence-corrected chi connectivity index (χ0v) is 26.5. The molecule has 0 unspecified atom stereocenters. The van der Waals surface area contributed by atoms with Crippen molar-refractivity contribution in [3.63, 3.8) is 0 Å². The molecule has 4 nitrogen and oxygen atoms in total. The van der Waals surface area contributed by atoms with Crippen molar-refractivity contribution in [2.75, 3.05) is 0 Å². The first-order valence-corrected chi connectivity index (χ1v) is 16.5. The molecule has 0 aliphatic rings. The fourth-order valence-electron chi connectivity index (χ4n) is 7.44. The highest BCUT2D eigenvalue weighted by atomic mass is 15.2. The van der Waals surface area contributed by atoms with Gasteiger partial charge < -0.3 is 0 Å². The Labute approximate surface area is 282 Å². The molecule has 10 aromatic rings. The van der Waals surface area contributed by atoms with E-state index in [-0.39, 0.29) is 0 Å². The van der Waals surface area contributed by atoms with Crippen LogP contribution in [-0.2, 0) is 0 Å². The number of fused-ring (bicyclic) bond motifs is 7. The molecule has 8 aromatic carbocycles. The summed E-state index contributed by atoms with van der Waals surface area (Å²) in [5, 5.41) is 9.27. The molecule has 2 aromatic heterocycles. The van der Waals surface area contributed by atoms with Crippen LogP contribution in [0.2, 0.25) is 0 Å². The molecular formula is C45H28N4. The number of para-hydroxylation sites is 2. The molecule has 0 atom stereocenters. The lowest BCUT2D eigenvalue weighted by Crippen LogP contribution is -2.07. The van der Waals surface area contributed by atoms with Gasteiger partial charge in [0.2, 0.25) is 5.95 Å². The lowest BCUT2D eigenvalue weighted by molar-refractivity contribution is 0.955. The van der Waals surface area contributed by atoms with Gasteiger partial charge in [-0.3, -0.25) is 4.57 Å². The standard InChI is InChI=1S/C45H28N4/c1-2-14-29(15-3-1)32-18-8-9-23-38(32)43-46-44(48-45(47-43)49-40-24-12-10-21-35(40)36-22-11-13-25-41(36)49)42-34-20-7-5-17-31(34)28-39-33-19-6-4-16-30(33)26-27-37(39)42/h1-28H. The van der Waals surface area contributed by atoms with E-state index in [0.717, 1.165) is 60.2 Å². The Morgan fingerprint density at radius 1 is 0.347 bits per heavy atom. The Hall–Kier alpha value is -6.65. The summed E-state index contributed by atoms with van der Waals surface area (Å²) < 4.78 is 2.19. The number of nitrogens with zero attached hydrogens (tertiary/aromatic N) is 4. The second-order valence-electron chi connectivity index (χ2n) is 12.4. The van der Waals surface area contributed by atoms with Crippen molar-refractivity contribution in [3.8, 4) is 39.9 Å². The topological polar surface area (TPSA) is 43.6 Å². The quantitative estimate of drug-likeness (QED) is 0.145. The third kappa shape index (κ3) is 4.35. The van der Waals surface area contributed by atoms with E-state index in [9.17, 15) is 0 Å². The number of aromatic nitrogens is 4. The molecule has 0 N–H and O–H groups in total. The third-order valence-corrected chi connectivity index (χ3v) is 9.65. The molecular weight excluding hydrogens is 597 g/mol. The maximum atomic E-state index is 5.40. The first kappa shape index (κ1) is 27.5. The summed E-state index contributed by atoms with van der Waals surface area (Å²) >= 11 is 0. The fourth-order valence-corrected chi connectivity index (χ4v) is 7.44. The van der Waals surface area contributed by atoms with Crippen molar-refractivity contribution in [2.24, 2.45) is 0 Å². The second-order valence-corrected chi connectivity index (χ2v) is 12.4. The van der Waals surface area contributed by atoms with E-state index in [0.29, 0.717) is 17.6 Å². The summed E-state index contributed by atoms with van der Waals surface area (Å²) in [6.07, 6.45) is 0. The summed E-state index contributed by atoms with van der Waals surface area (Å²) in [5.41, 5.74) is 6.24. The molecule has 0 bridgehead atoms. The Morgan fingerprint density at radius 2 is 0.918 bits per heavy atom. The molecule has 0 amide bonds. The van der Waals surface area contributed by atoms with Gasteiger partial charge in [0, 0.05) is 21.9 Å². The van der Waals surface area contributed by atoms with Crippen molar-refractivity contribution in [1.29, 1.82) is 0 Å². The molecule has 10 rings (SSSR count). The Bertz CT molecular complexity index is 2830. The minimum Gasteiger partial charge on any atom is -0.278 e. The predicted molar refractivity (Wildman–Crippen MR) is 203 cm³/mol. The van der Waals surface area contributed by atoms with Crippen LogP contribution in [0.15, 0.2) is 170 Å². The van der Waals surface area contributed by atoms with Gasteiger partial charge in [0.15, 0.2) is 11.6 Å². The summed E-state index contributed by atoms with van der Waals surface area (Å²) in [4.78, 5) is 16.1. The molecule has 49 heavy (non-hydrogen) atoms. The van der Waals surface area contributed by atoms with Crippen molar-refractivity contribution >= 4 is 54.1 Å². The maximum Gasteiger partial charge on any atom is 0.238 e. The highest BCUT2D eigenvalue weighted by Crippen LogP contribution is 2.40. The molecule has 0 radical (unpaired) electrons. The van der Waals surface area contributed by atoms with Crippen molar-refractivity contribution in [1.82, 2.24) is 19.5 Å². The van der Waals surface area contributed by atoms with E-state index in [1.54, 1.807) is 0 Å². The molecule has 4 heteroatoms. The average Bonchev–Trinajstić information content (AvgIpc) is 3.51. The Kier molecular flexibility index (Phi) is 6.15. The SMILES string of the molecule is c1ccc(-c2ccccc2-c2nc(-c3c4ccccc4cc4c3ccc3ccccc34)nc(-n3c4ccccc4c4ccccc43)n2)cc1. The van der Waals surface area contributed by atoms with Gasteiger partial charge in [0.05, 0.1) is 11.0 Å². The van der Waals surface area contributed by atoms with Crippen molar-refractivity contribution in [2.45, 2.75) is 0 Å². The summed E-state index contributed by atoms with van der Waals surface area (Å²) in [6, 6.07) is 59.7. The Morgan fingerprint density at radius 3 is 1.67 bits per heavy atom. The minimum absolute atomic E-state index is 0.585. The third-order valence-electron chi connectivity index (χ3n) is 9.65. The lowest BCUT2D eigenvalue weighted by atomic mass is 9.93. The van der Waals surface area contributed by atoms with E-state index in [4.69, 9.17) is 15.0 Å². The first-order valence-electron chi connectivity index (χ1n) is 16.5. The molecule has 0 aliphatic heterocycles. The largest absolute Gasteiger partial charge is 0.278 e. The summed E-state index contributed by atoms with van der Waals surface area (Å²) in [5.74, 6) is 1.85. The lowest BCUT2D eigenvalue weighted by Gasteiger charge is -2.16. The van der Waals surface area contributed by atoms with Crippen LogP contribution >= 0.6 is 0 Å². The van der Waals surface area contributed by atoms with Crippen molar-refractivity contribution in [3.05, 3.63) is 170 Å². The van der Waals surface area contributed by atoms with Crippen LogP contribution in [0.1, 0.15) is 0 Å². The van der Waals surface area contributed by atoms with Gasteiger partial charge in [0.1, 0.15) is 0 Å². The van der Waals surface area contributed by atoms with Crippen LogP contribution in [0.4, 0.5) is 0 Å². The summed E-state index contributed by atoms with van der Waals surface area (Å²) in [6.45, 7) is 0. The number of hydrogen-bond donors (Lipinski definition) is 0. The number of rotatable bonds is 4. The van der Waals surface area contributed by atoms with E-state index in [1.807, 2.05) is 6.07 Å². The molecule has 0 saturated heterocycles. The van der Waals surface area contributed by atoms with E-state index in [1.165, 1.54) is 16.2 Å². The van der Waals surface area contributed by atoms with Gasteiger partial charge in [-0.05, 0) is 61.6 Å². The Balaban J connectivity index is 1.36. The van der Waals surface area contributed by atoms with Gasteiger partial charge in [-0.15, -0.1) is 0 Å². The van der Waals surface area contributed by atoms with Gasteiger partial charge in [-0.2, -0.15) is 9.97 Å². The highest BCUT2D eigenvalue weighted by molar-refractivity contribution is 6.19. The number of benzene rings is 8. The monoisotopic (exact) mass is 624 g/mol. The zero-order valence-electron chi connectivity index (χ0n) is 26.5. The highest BCUT2D eigenvalue weighted by Gasteiger charge is 2.21. The number of hydrogen-bond acceptors (Lipinski definition) is 3. The van der Waals surface area contributed by atoms with Crippen LogP contribution in [0.3, 0.4) is 0 Å². The zero-order chi connectivity index (χ0) is 32.3. The summed E-state index contributed by atoms with van der Waals surface area (Å²) in [7, 11) is 0. The van der Waals surface area contributed by atoms with Gasteiger partial charge >= 0.3 is 0 Å². The molecule has 0 saturated carbocycles. The molecule has 0 spiro atoms. The van der Waals surface area contributed by atoms with Crippen molar-refractivity contribution < 1.29 is 0 Å². The molecule has 0 fully saturated rings. The normalized spacial score (nSPS) is 11.7. The van der Waals surface area contributed by atoms with Gasteiger partial charge in [-0.1, -0.05) is 152 Å². The van der Waals surface area contributed by atoms with Crippen LogP contribution in [0.25, 0.3) is 94.0 Å². The van der Waals surface area contributed by atoms with Gasteiger partial charge in [-0.25, -0.2) is 4.98 Å². The van der Waals surface area contributed by atoms with Gasteiger partial charge in [0.25, 0.3) is 0 Å². The molecule has 0 aliphatic carbocycles. The fraction of sp³-hybridized carbons (Fsp3) is 0. The van der Waals surface area contributed by atoms with E-state index >= 15 is 0 Å². The second kappa shape index (κ2) is 11.0. The minimum atomic E-state index is 0.585. The maximum absolute atomic E-state index is 5.40. The molecule has 2 heterocycles. The average molecular weight is 625 g/mol. The first-order chi connectivity index (χ1) is 24.3. The smallest absolute Gasteiger partial charge is 0.238 e. The van der Waals surface area contributed by atoms with E-state index < -0.39 is 0 Å².